The summed E-state index contributed by atoms with van der Waals surface area (Å²) < 4.78 is 10.5. The molecule has 5 nitrogen and oxygen atoms in total. The highest BCUT2D eigenvalue weighted by Crippen LogP contribution is 2.19. The summed E-state index contributed by atoms with van der Waals surface area (Å²) in [7, 11) is 0. The second kappa shape index (κ2) is 9.69. The number of halogens is 1. The third-order valence-corrected chi connectivity index (χ3v) is 3.62. The number of carbonyl (C=O) groups excluding carboxylic acids is 2. The predicted octanol–water partition coefficient (Wildman–Crippen LogP) is 3.85. The van der Waals surface area contributed by atoms with Crippen molar-refractivity contribution in [1.82, 2.24) is 0 Å². The van der Waals surface area contributed by atoms with Crippen LogP contribution in [0.4, 0.5) is 5.69 Å². The minimum atomic E-state index is -0.433. The molecule has 0 aliphatic rings. The Morgan fingerprint density at radius 1 is 1.08 bits per heavy atom. The number of ether oxygens (including phenoxy) is 2. The van der Waals surface area contributed by atoms with Gasteiger partial charge < -0.3 is 14.8 Å². The van der Waals surface area contributed by atoms with Gasteiger partial charge in [-0.15, -0.1) is 0 Å². The first kappa shape index (κ1) is 18.8. The molecule has 2 rings (SSSR count). The van der Waals surface area contributed by atoms with Gasteiger partial charge in [0.25, 0.3) is 5.91 Å². The normalized spacial score (nSPS) is 10.2. The Morgan fingerprint density at radius 3 is 2.52 bits per heavy atom. The molecule has 0 unspecified atom stereocenters. The Kier molecular flexibility index (Phi) is 7.29. The fraction of sp³-hybridized carbons (Fsp3) is 0.263. The number of carbonyl (C=O) groups is 2. The molecule has 0 spiro atoms. The number of aryl methyl sites for hydroxylation is 1. The number of esters is 1. The minimum absolute atomic E-state index is 0.179. The maximum atomic E-state index is 11.8. The van der Waals surface area contributed by atoms with Crippen LogP contribution >= 0.6 is 11.6 Å². The van der Waals surface area contributed by atoms with Crippen LogP contribution in [0.2, 0.25) is 5.02 Å². The van der Waals surface area contributed by atoms with E-state index in [0.717, 1.165) is 11.3 Å². The van der Waals surface area contributed by atoms with E-state index in [-0.39, 0.29) is 13.0 Å². The van der Waals surface area contributed by atoms with Crippen LogP contribution in [-0.2, 0) is 20.7 Å². The molecule has 6 heteroatoms. The molecular weight excluding hydrogens is 342 g/mol. The number of hydrogen-bond donors (Lipinski definition) is 1. The van der Waals surface area contributed by atoms with Gasteiger partial charge in [-0.05, 0) is 49.2 Å². The highest BCUT2D eigenvalue weighted by Gasteiger charge is 2.10. The van der Waals surface area contributed by atoms with Crippen LogP contribution in [0.1, 0.15) is 18.9 Å². The van der Waals surface area contributed by atoms with Crippen molar-refractivity contribution in [3.8, 4) is 5.75 Å². The largest absolute Gasteiger partial charge is 0.494 e. The standard InChI is InChI=1S/C19H20ClNO4/c1-2-24-17-6-4-3-5-14(17)7-12-19(23)25-13-18(22)21-16-10-8-15(20)9-11-16/h3-6,8-11H,2,7,12-13H2,1H3,(H,21,22). The maximum absolute atomic E-state index is 11.8. The molecule has 25 heavy (non-hydrogen) atoms. The zero-order valence-corrected chi connectivity index (χ0v) is 14.7. The van der Waals surface area contributed by atoms with Crippen LogP contribution in [-0.4, -0.2) is 25.1 Å². The monoisotopic (exact) mass is 361 g/mol. The quantitative estimate of drug-likeness (QED) is 0.725. The molecule has 0 saturated heterocycles. The molecule has 0 aliphatic carbocycles. The molecule has 0 aliphatic heterocycles. The number of hydrogen-bond acceptors (Lipinski definition) is 4. The molecule has 0 heterocycles. The summed E-state index contributed by atoms with van der Waals surface area (Å²) >= 11 is 5.78. The Morgan fingerprint density at radius 2 is 1.80 bits per heavy atom. The highest BCUT2D eigenvalue weighted by molar-refractivity contribution is 6.30. The Bertz CT molecular complexity index is 716. The van der Waals surface area contributed by atoms with Crippen molar-refractivity contribution in [2.75, 3.05) is 18.5 Å². The summed E-state index contributed by atoms with van der Waals surface area (Å²) in [5.74, 6) is -0.0683. The SMILES string of the molecule is CCOc1ccccc1CCC(=O)OCC(=O)Nc1ccc(Cl)cc1. The first-order valence-corrected chi connectivity index (χ1v) is 8.38. The fourth-order valence-electron chi connectivity index (χ4n) is 2.19. The van der Waals surface area contributed by atoms with Crippen LogP contribution in [0.25, 0.3) is 0 Å². The molecule has 1 N–H and O–H groups in total. The number of benzene rings is 2. The Labute approximate surface area is 151 Å². The van der Waals surface area contributed by atoms with Crippen molar-refractivity contribution < 1.29 is 19.1 Å². The topological polar surface area (TPSA) is 64.6 Å². The molecule has 0 atom stereocenters. The van der Waals surface area contributed by atoms with E-state index in [1.54, 1.807) is 24.3 Å². The van der Waals surface area contributed by atoms with Crippen LogP contribution < -0.4 is 10.1 Å². The number of para-hydroxylation sites is 1. The van der Waals surface area contributed by atoms with Crippen LogP contribution in [0.15, 0.2) is 48.5 Å². The van der Waals surface area contributed by atoms with Gasteiger partial charge in [0.05, 0.1) is 6.61 Å². The van der Waals surface area contributed by atoms with Gasteiger partial charge in [-0.2, -0.15) is 0 Å². The number of nitrogens with one attached hydrogen (secondary N) is 1. The van der Waals surface area contributed by atoms with E-state index in [1.807, 2.05) is 31.2 Å². The third kappa shape index (κ3) is 6.47. The van der Waals surface area contributed by atoms with Crippen molar-refractivity contribution in [3.05, 3.63) is 59.1 Å². The lowest BCUT2D eigenvalue weighted by atomic mass is 10.1. The van der Waals surface area contributed by atoms with Gasteiger partial charge in [0.15, 0.2) is 6.61 Å². The Balaban J connectivity index is 1.75. The Hall–Kier alpha value is -2.53. The lowest BCUT2D eigenvalue weighted by molar-refractivity contribution is -0.147. The van der Waals surface area contributed by atoms with E-state index in [2.05, 4.69) is 5.32 Å². The molecule has 0 fully saturated rings. The average Bonchev–Trinajstić information content (AvgIpc) is 2.61. The average molecular weight is 362 g/mol. The van der Waals surface area contributed by atoms with Crippen molar-refractivity contribution in [2.24, 2.45) is 0 Å². The third-order valence-electron chi connectivity index (χ3n) is 3.36. The van der Waals surface area contributed by atoms with Crippen molar-refractivity contribution in [3.63, 3.8) is 0 Å². The number of anilines is 1. The van der Waals surface area contributed by atoms with E-state index in [9.17, 15) is 9.59 Å². The second-order valence-electron chi connectivity index (χ2n) is 5.26. The highest BCUT2D eigenvalue weighted by atomic mass is 35.5. The zero-order chi connectivity index (χ0) is 18.1. The summed E-state index contributed by atoms with van der Waals surface area (Å²) in [5.41, 5.74) is 1.53. The first-order chi connectivity index (χ1) is 12.1. The first-order valence-electron chi connectivity index (χ1n) is 8.00. The van der Waals surface area contributed by atoms with Gasteiger partial charge in [-0.25, -0.2) is 0 Å². The van der Waals surface area contributed by atoms with Gasteiger partial charge in [-0.1, -0.05) is 29.8 Å². The fourth-order valence-corrected chi connectivity index (χ4v) is 2.32. The van der Waals surface area contributed by atoms with Crippen molar-refractivity contribution in [1.29, 1.82) is 0 Å². The second-order valence-corrected chi connectivity index (χ2v) is 5.69. The van der Waals surface area contributed by atoms with Crippen molar-refractivity contribution in [2.45, 2.75) is 19.8 Å². The molecule has 2 aromatic rings. The molecule has 2 aromatic carbocycles. The summed E-state index contributed by atoms with van der Waals surface area (Å²) in [6.07, 6.45) is 0.673. The maximum Gasteiger partial charge on any atom is 0.306 e. The summed E-state index contributed by atoms with van der Waals surface area (Å²) in [4.78, 5) is 23.6. The molecule has 0 radical (unpaired) electrons. The van der Waals surface area contributed by atoms with Gasteiger partial charge in [0.2, 0.25) is 0 Å². The zero-order valence-electron chi connectivity index (χ0n) is 14.0. The molecule has 132 valence electrons. The van der Waals surface area contributed by atoms with Crippen molar-refractivity contribution >= 4 is 29.2 Å². The predicted molar refractivity (Wildman–Crippen MR) is 97.0 cm³/mol. The number of amides is 1. The molecule has 0 bridgehead atoms. The molecular formula is C19H20ClNO4. The van der Waals surface area contributed by atoms with Gasteiger partial charge in [0.1, 0.15) is 5.75 Å². The van der Waals surface area contributed by atoms with Gasteiger partial charge in [0, 0.05) is 17.1 Å². The van der Waals surface area contributed by atoms with Gasteiger partial charge in [-0.3, -0.25) is 9.59 Å². The van der Waals surface area contributed by atoms with Crippen LogP contribution in [0.5, 0.6) is 5.75 Å². The lowest BCUT2D eigenvalue weighted by Gasteiger charge is -2.10. The van der Waals surface area contributed by atoms with Crippen LogP contribution in [0.3, 0.4) is 0 Å². The molecule has 1 amide bonds. The molecule has 0 aromatic heterocycles. The number of rotatable bonds is 8. The van der Waals surface area contributed by atoms with Gasteiger partial charge >= 0.3 is 5.97 Å². The summed E-state index contributed by atoms with van der Waals surface area (Å²) in [5, 5.41) is 3.21. The minimum Gasteiger partial charge on any atom is -0.494 e. The smallest absolute Gasteiger partial charge is 0.306 e. The van der Waals surface area contributed by atoms with E-state index in [1.165, 1.54) is 0 Å². The summed E-state index contributed by atoms with van der Waals surface area (Å²) in [6.45, 7) is 2.14. The van der Waals surface area contributed by atoms with E-state index in [0.29, 0.717) is 23.7 Å². The van der Waals surface area contributed by atoms with Crippen LogP contribution in [0, 0.1) is 0 Å². The van der Waals surface area contributed by atoms with E-state index < -0.39 is 11.9 Å². The lowest BCUT2D eigenvalue weighted by Crippen LogP contribution is -2.21. The van der Waals surface area contributed by atoms with E-state index in [4.69, 9.17) is 21.1 Å². The summed E-state index contributed by atoms with van der Waals surface area (Å²) in [6, 6.07) is 14.2. The molecule has 0 saturated carbocycles. The van der Waals surface area contributed by atoms with E-state index >= 15 is 0 Å².